The lowest BCUT2D eigenvalue weighted by molar-refractivity contribution is -0.138. The lowest BCUT2D eigenvalue weighted by Gasteiger charge is -2.15. The maximum atomic E-state index is 11.6. The molecule has 2 aromatic carbocycles. The van der Waals surface area contributed by atoms with Crippen molar-refractivity contribution in [3.05, 3.63) is 59.2 Å². The number of carboxylic acid groups (broad SMARTS) is 1. The fourth-order valence-electron chi connectivity index (χ4n) is 2.42. The molecule has 116 valence electrons. The lowest BCUT2D eigenvalue weighted by Crippen LogP contribution is -2.14. The first-order valence-corrected chi connectivity index (χ1v) is 7.25. The molecule has 0 saturated heterocycles. The van der Waals surface area contributed by atoms with E-state index in [0.29, 0.717) is 13.0 Å². The fourth-order valence-corrected chi connectivity index (χ4v) is 2.42. The van der Waals surface area contributed by atoms with Gasteiger partial charge in [0.05, 0.1) is 12.5 Å². The van der Waals surface area contributed by atoms with Crippen LogP contribution in [0.2, 0.25) is 0 Å². The summed E-state index contributed by atoms with van der Waals surface area (Å²) in [6, 6.07) is 12.1. The molecule has 0 amide bonds. The monoisotopic (exact) mass is 300 g/mol. The summed E-state index contributed by atoms with van der Waals surface area (Å²) in [7, 11) is 0. The normalized spacial score (nSPS) is 11.9. The zero-order chi connectivity index (χ0) is 16.1. The smallest absolute Gasteiger partial charge is 0.311 e. The van der Waals surface area contributed by atoms with E-state index in [-0.39, 0.29) is 5.75 Å². The number of aliphatic carboxylic acids is 1. The van der Waals surface area contributed by atoms with Crippen LogP contribution in [-0.4, -0.2) is 22.8 Å². The molecule has 0 aliphatic carbocycles. The van der Waals surface area contributed by atoms with Gasteiger partial charge in [0.15, 0.2) is 0 Å². The van der Waals surface area contributed by atoms with Crippen LogP contribution in [0.3, 0.4) is 0 Å². The molecule has 0 aliphatic heterocycles. The van der Waals surface area contributed by atoms with E-state index in [1.807, 2.05) is 26.0 Å². The van der Waals surface area contributed by atoms with Crippen LogP contribution in [0.4, 0.5) is 0 Å². The first-order valence-electron chi connectivity index (χ1n) is 7.25. The van der Waals surface area contributed by atoms with Crippen LogP contribution in [0.15, 0.2) is 42.5 Å². The molecule has 0 fully saturated rings. The molecule has 0 radical (unpaired) electrons. The van der Waals surface area contributed by atoms with Crippen molar-refractivity contribution in [2.24, 2.45) is 0 Å². The van der Waals surface area contributed by atoms with E-state index in [1.54, 1.807) is 30.3 Å². The van der Waals surface area contributed by atoms with Crippen molar-refractivity contribution in [2.75, 3.05) is 6.61 Å². The van der Waals surface area contributed by atoms with Crippen LogP contribution < -0.4 is 4.74 Å². The summed E-state index contributed by atoms with van der Waals surface area (Å²) in [5, 5.41) is 18.8. The zero-order valence-electron chi connectivity index (χ0n) is 12.7. The number of rotatable bonds is 6. The molecule has 1 atom stereocenters. The standard InChI is InChI=1S/C18H20O4/c1-3-22-17-9-6-14(10-12(17)2)16(18(20)21)11-13-4-7-15(19)8-5-13/h4-10,16,19H,3,11H2,1-2H3,(H,20,21). The molecule has 0 heterocycles. The first kappa shape index (κ1) is 15.9. The van der Waals surface area contributed by atoms with Crippen molar-refractivity contribution < 1.29 is 19.7 Å². The van der Waals surface area contributed by atoms with Crippen molar-refractivity contribution in [3.8, 4) is 11.5 Å². The topological polar surface area (TPSA) is 66.8 Å². The molecule has 2 N–H and O–H groups in total. The Morgan fingerprint density at radius 2 is 1.86 bits per heavy atom. The molecular weight excluding hydrogens is 280 g/mol. The van der Waals surface area contributed by atoms with Crippen LogP contribution in [0.25, 0.3) is 0 Å². The zero-order valence-corrected chi connectivity index (χ0v) is 12.7. The van der Waals surface area contributed by atoms with Crippen LogP contribution in [0.5, 0.6) is 11.5 Å². The Kier molecular flexibility index (Phi) is 5.04. The van der Waals surface area contributed by atoms with E-state index in [1.165, 1.54) is 0 Å². The van der Waals surface area contributed by atoms with Gasteiger partial charge in [0.1, 0.15) is 11.5 Å². The maximum absolute atomic E-state index is 11.6. The summed E-state index contributed by atoms with van der Waals surface area (Å²) in [6.45, 7) is 4.40. The number of phenols is 1. The van der Waals surface area contributed by atoms with Gasteiger partial charge in [-0.25, -0.2) is 0 Å². The Labute approximate surface area is 130 Å². The minimum absolute atomic E-state index is 0.174. The number of ether oxygens (including phenoxy) is 1. The van der Waals surface area contributed by atoms with E-state index in [9.17, 15) is 15.0 Å². The van der Waals surface area contributed by atoms with Crippen molar-refractivity contribution >= 4 is 5.97 Å². The number of carboxylic acids is 1. The fraction of sp³-hybridized carbons (Fsp3) is 0.278. The first-order chi connectivity index (χ1) is 10.5. The van der Waals surface area contributed by atoms with Crippen molar-refractivity contribution in [1.29, 1.82) is 0 Å². The highest BCUT2D eigenvalue weighted by Crippen LogP contribution is 2.27. The summed E-state index contributed by atoms with van der Waals surface area (Å²) < 4.78 is 5.49. The number of hydrogen-bond donors (Lipinski definition) is 2. The molecule has 0 aliphatic rings. The van der Waals surface area contributed by atoms with Gasteiger partial charge in [-0.2, -0.15) is 0 Å². The summed E-state index contributed by atoms with van der Waals surface area (Å²) in [5.41, 5.74) is 2.55. The molecule has 1 unspecified atom stereocenters. The van der Waals surface area contributed by atoms with E-state index in [4.69, 9.17) is 4.74 Å². The van der Waals surface area contributed by atoms with E-state index in [2.05, 4.69) is 0 Å². The summed E-state index contributed by atoms with van der Waals surface area (Å²) in [5.74, 6) is -0.539. The molecule has 0 bridgehead atoms. The second-order valence-corrected chi connectivity index (χ2v) is 5.22. The van der Waals surface area contributed by atoms with Gasteiger partial charge in [-0.15, -0.1) is 0 Å². The highest BCUT2D eigenvalue weighted by atomic mass is 16.5. The van der Waals surface area contributed by atoms with Gasteiger partial charge in [-0.1, -0.05) is 24.3 Å². The Morgan fingerprint density at radius 3 is 2.41 bits per heavy atom. The maximum Gasteiger partial charge on any atom is 0.311 e. The molecule has 22 heavy (non-hydrogen) atoms. The van der Waals surface area contributed by atoms with Crippen molar-refractivity contribution in [3.63, 3.8) is 0 Å². The number of aromatic hydroxyl groups is 1. The Hall–Kier alpha value is -2.49. The Bertz CT molecular complexity index is 647. The average Bonchev–Trinajstić information content (AvgIpc) is 2.48. The van der Waals surface area contributed by atoms with Crippen LogP contribution in [0.1, 0.15) is 29.5 Å². The van der Waals surface area contributed by atoms with Crippen LogP contribution in [0, 0.1) is 6.92 Å². The predicted molar refractivity (Wildman–Crippen MR) is 84.5 cm³/mol. The minimum Gasteiger partial charge on any atom is -0.508 e. The van der Waals surface area contributed by atoms with Gasteiger partial charge in [0, 0.05) is 0 Å². The van der Waals surface area contributed by atoms with Gasteiger partial charge in [-0.3, -0.25) is 4.79 Å². The highest BCUT2D eigenvalue weighted by Gasteiger charge is 2.21. The summed E-state index contributed by atoms with van der Waals surface area (Å²) >= 11 is 0. The molecule has 2 aromatic rings. The number of benzene rings is 2. The SMILES string of the molecule is CCOc1ccc(C(Cc2ccc(O)cc2)C(=O)O)cc1C. The van der Waals surface area contributed by atoms with Gasteiger partial charge in [0.25, 0.3) is 0 Å². The van der Waals surface area contributed by atoms with Gasteiger partial charge >= 0.3 is 5.97 Å². The van der Waals surface area contributed by atoms with Gasteiger partial charge in [0.2, 0.25) is 0 Å². The largest absolute Gasteiger partial charge is 0.508 e. The number of phenolic OH excluding ortho intramolecular Hbond substituents is 1. The minimum atomic E-state index is -0.864. The predicted octanol–water partition coefficient (Wildman–Crippen LogP) is 3.51. The molecule has 2 rings (SSSR count). The summed E-state index contributed by atoms with van der Waals surface area (Å²) in [4.78, 5) is 11.6. The van der Waals surface area contributed by atoms with E-state index >= 15 is 0 Å². The van der Waals surface area contributed by atoms with Gasteiger partial charge in [-0.05, 0) is 55.2 Å². The van der Waals surface area contributed by atoms with Crippen LogP contribution in [-0.2, 0) is 11.2 Å². The Morgan fingerprint density at radius 1 is 1.18 bits per heavy atom. The van der Waals surface area contributed by atoms with Gasteiger partial charge < -0.3 is 14.9 Å². The molecule has 0 saturated carbocycles. The second kappa shape index (κ2) is 6.98. The number of carbonyl (C=O) groups is 1. The quantitative estimate of drug-likeness (QED) is 0.856. The summed E-state index contributed by atoms with van der Waals surface area (Å²) in [6.07, 6.45) is 0.378. The molecular formula is C18H20O4. The lowest BCUT2D eigenvalue weighted by atomic mass is 9.91. The van der Waals surface area contributed by atoms with Crippen molar-refractivity contribution in [2.45, 2.75) is 26.2 Å². The van der Waals surface area contributed by atoms with E-state index < -0.39 is 11.9 Å². The molecule has 0 aromatic heterocycles. The number of aryl methyl sites for hydroxylation is 1. The molecule has 4 heteroatoms. The van der Waals surface area contributed by atoms with Crippen molar-refractivity contribution in [1.82, 2.24) is 0 Å². The second-order valence-electron chi connectivity index (χ2n) is 5.22. The highest BCUT2D eigenvalue weighted by molar-refractivity contribution is 5.76. The third-order valence-corrected chi connectivity index (χ3v) is 3.58. The molecule has 0 spiro atoms. The number of hydrogen-bond acceptors (Lipinski definition) is 3. The molecule has 4 nitrogen and oxygen atoms in total. The third kappa shape index (κ3) is 3.79. The Balaban J connectivity index is 2.26. The average molecular weight is 300 g/mol. The van der Waals surface area contributed by atoms with E-state index in [0.717, 1.165) is 22.4 Å². The third-order valence-electron chi connectivity index (χ3n) is 3.58. The van der Waals surface area contributed by atoms with Crippen LogP contribution >= 0.6 is 0 Å².